The molecule has 0 spiro atoms. The Morgan fingerprint density at radius 1 is 0.775 bits per heavy atom. The fourth-order valence-corrected chi connectivity index (χ4v) is 6.80. The largest absolute Gasteiger partial charge is 0.325 e. The molecule has 0 aliphatic rings. The Hall–Kier alpha value is -3.86. The molecule has 0 aromatic heterocycles. The van der Waals surface area contributed by atoms with Crippen LogP contribution in [0.3, 0.4) is 0 Å². The van der Waals surface area contributed by atoms with Crippen LogP contribution in [0.25, 0.3) is 0 Å². The zero-order valence-electron chi connectivity index (χ0n) is 22.1. The van der Waals surface area contributed by atoms with E-state index in [-0.39, 0.29) is 15.5 Å². The van der Waals surface area contributed by atoms with Gasteiger partial charge in [-0.1, -0.05) is 53.6 Å². The number of para-hydroxylation sites is 1. The number of sulfonamides is 2. The van der Waals surface area contributed by atoms with Gasteiger partial charge in [0.1, 0.15) is 6.54 Å². The van der Waals surface area contributed by atoms with Gasteiger partial charge in [0.2, 0.25) is 5.91 Å². The highest BCUT2D eigenvalue weighted by Gasteiger charge is 2.27. The summed E-state index contributed by atoms with van der Waals surface area (Å²) in [6.07, 6.45) is 0. The summed E-state index contributed by atoms with van der Waals surface area (Å²) in [6, 6.07) is 23.6. The second-order valence-electron chi connectivity index (χ2n) is 9.25. The molecule has 0 unspecified atom stereocenters. The first-order valence-electron chi connectivity index (χ1n) is 12.2. The minimum Gasteiger partial charge on any atom is -0.325 e. The highest BCUT2D eigenvalue weighted by Crippen LogP contribution is 2.27. The van der Waals surface area contributed by atoms with Crippen molar-refractivity contribution in [3.05, 3.63) is 113 Å². The molecule has 11 heteroatoms. The Kier molecular flexibility index (Phi) is 8.53. The van der Waals surface area contributed by atoms with Crippen molar-refractivity contribution in [2.45, 2.75) is 30.6 Å². The summed E-state index contributed by atoms with van der Waals surface area (Å²) in [5.74, 6) is -0.625. The maximum absolute atomic E-state index is 13.5. The van der Waals surface area contributed by atoms with Crippen LogP contribution in [-0.2, 0) is 24.8 Å². The lowest BCUT2D eigenvalue weighted by molar-refractivity contribution is -0.114. The molecule has 0 saturated heterocycles. The molecule has 208 valence electrons. The van der Waals surface area contributed by atoms with Gasteiger partial charge in [0.25, 0.3) is 20.0 Å². The number of hydrogen-bond donors (Lipinski definition) is 2. The van der Waals surface area contributed by atoms with Crippen LogP contribution in [0, 0.1) is 20.8 Å². The SMILES string of the molecule is Cc1ccc(S(=O)(=O)N(CC(=O)Nc2ccc(S(=O)(=O)Nc3c(C)cccc3C)cc2)c2cccc(Cl)c2)cc1. The fraction of sp³-hybridized carbons (Fsp3) is 0.138. The lowest BCUT2D eigenvalue weighted by Gasteiger charge is -2.24. The van der Waals surface area contributed by atoms with E-state index in [4.69, 9.17) is 11.6 Å². The van der Waals surface area contributed by atoms with Crippen LogP contribution in [0.4, 0.5) is 17.1 Å². The molecule has 0 bridgehead atoms. The molecule has 0 saturated carbocycles. The van der Waals surface area contributed by atoms with Crippen molar-refractivity contribution in [1.29, 1.82) is 0 Å². The minimum absolute atomic E-state index is 0.00987. The van der Waals surface area contributed by atoms with Gasteiger partial charge in [-0.3, -0.25) is 13.8 Å². The van der Waals surface area contributed by atoms with Crippen molar-refractivity contribution < 1.29 is 21.6 Å². The number of hydrogen-bond acceptors (Lipinski definition) is 5. The molecule has 0 aliphatic heterocycles. The molecule has 0 aliphatic carbocycles. The first-order chi connectivity index (χ1) is 18.9. The molecule has 0 heterocycles. The van der Waals surface area contributed by atoms with Crippen molar-refractivity contribution in [3.63, 3.8) is 0 Å². The van der Waals surface area contributed by atoms with Crippen molar-refractivity contribution in [3.8, 4) is 0 Å². The molecule has 1 amide bonds. The van der Waals surface area contributed by atoms with Crippen molar-refractivity contribution in [2.24, 2.45) is 0 Å². The van der Waals surface area contributed by atoms with Gasteiger partial charge in [0.05, 0.1) is 21.2 Å². The molecule has 4 aromatic rings. The summed E-state index contributed by atoms with van der Waals surface area (Å²) < 4.78 is 56.6. The first kappa shape index (κ1) is 29.1. The maximum Gasteiger partial charge on any atom is 0.264 e. The molecule has 0 fully saturated rings. The van der Waals surface area contributed by atoms with Crippen LogP contribution in [-0.4, -0.2) is 29.3 Å². The average Bonchev–Trinajstić information content (AvgIpc) is 2.90. The van der Waals surface area contributed by atoms with E-state index >= 15 is 0 Å². The van der Waals surface area contributed by atoms with Gasteiger partial charge < -0.3 is 5.32 Å². The van der Waals surface area contributed by atoms with E-state index in [1.54, 1.807) is 30.3 Å². The lowest BCUT2D eigenvalue weighted by atomic mass is 10.1. The maximum atomic E-state index is 13.5. The van der Waals surface area contributed by atoms with Gasteiger partial charge in [-0.2, -0.15) is 0 Å². The van der Waals surface area contributed by atoms with Gasteiger partial charge in [0.15, 0.2) is 0 Å². The predicted molar refractivity (Wildman–Crippen MR) is 159 cm³/mol. The van der Waals surface area contributed by atoms with Crippen LogP contribution in [0.15, 0.2) is 101 Å². The smallest absolute Gasteiger partial charge is 0.264 e. The zero-order chi connectivity index (χ0) is 29.1. The molecule has 0 atom stereocenters. The first-order valence-corrected chi connectivity index (χ1v) is 15.5. The summed E-state index contributed by atoms with van der Waals surface area (Å²) in [5.41, 5.74) is 3.50. The number of rotatable bonds is 9. The van der Waals surface area contributed by atoms with Gasteiger partial charge in [0, 0.05) is 10.7 Å². The van der Waals surface area contributed by atoms with E-state index in [9.17, 15) is 21.6 Å². The van der Waals surface area contributed by atoms with E-state index in [1.807, 2.05) is 39.0 Å². The van der Waals surface area contributed by atoms with Crippen LogP contribution in [0.5, 0.6) is 0 Å². The second kappa shape index (κ2) is 11.7. The Morgan fingerprint density at radius 3 is 1.95 bits per heavy atom. The number of nitrogens with zero attached hydrogens (tertiary/aromatic N) is 1. The number of halogens is 1. The Morgan fingerprint density at radius 2 is 1.35 bits per heavy atom. The molecule has 4 rings (SSSR count). The lowest BCUT2D eigenvalue weighted by Crippen LogP contribution is -2.38. The predicted octanol–water partition coefficient (Wildman–Crippen LogP) is 5.90. The number of carbonyl (C=O) groups is 1. The Bertz CT molecular complexity index is 1740. The second-order valence-corrected chi connectivity index (χ2v) is 13.2. The topological polar surface area (TPSA) is 113 Å². The van der Waals surface area contributed by atoms with Crippen molar-refractivity contribution >= 4 is 54.6 Å². The average molecular weight is 598 g/mol. The summed E-state index contributed by atoms with van der Waals surface area (Å²) >= 11 is 6.12. The van der Waals surface area contributed by atoms with Crippen molar-refractivity contribution in [2.75, 3.05) is 20.9 Å². The summed E-state index contributed by atoms with van der Waals surface area (Å²) in [6.45, 7) is 4.93. The molecule has 8 nitrogen and oxygen atoms in total. The number of benzene rings is 4. The van der Waals surface area contributed by atoms with Crippen LogP contribution < -0.4 is 14.3 Å². The minimum atomic E-state index is -4.11. The fourth-order valence-electron chi connectivity index (χ4n) is 4.00. The monoisotopic (exact) mass is 597 g/mol. The third kappa shape index (κ3) is 6.64. The van der Waals surface area contributed by atoms with E-state index in [1.165, 1.54) is 42.5 Å². The highest BCUT2D eigenvalue weighted by atomic mass is 35.5. The quantitative estimate of drug-likeness (QED) is 0.249. The molecule has 2 N–H and O–H groups in total. The summed E-state index contributed by atoms with van der Waals surface area (Å²) in [7, 11) is -7.99. The molecule has 0 radical (unpaired) electrons. The molecule has 40 heavy (non-hydrogen) atoms. The van der Waals surface area contributed by atoms with Gasteiger partial charge in [-0.25, -0.2) is 16.8 Å². The van der Waals surface area contributed by atoms with Crippen LogP contribution >= 0.6 is 11.6 Å². The number of aryl methyl sites for hydroxylation is 3. The normalized spacial score (nSPS) is 11.6. The number of nitrogens with one attached hydrogen (secondary N) is 2. The van der Waals surface area contributed by atoms with Crippen LogP contribution in [0.1, 0.15) is 16.7 Å². The van der Waals surface area contributed by atoms with E-state index in [0.717, 1.165) is 21.0 Å². The number of amides is 1. The third-order valence-electron chi connectivity index (χ3n) is 6.16. The van der Waals surface area contributed by atoms with Gasteiger partial charge >= 0.3 is 0 Å². The zero-order valence-corrected chi connectivity index (χ0v) is 24.4. The van der Waals surface area contributed by atoms with E-state index in [2.05, 4.69) is 10.0 Å². The third-order valence-corrected chi connectivity index (χ3v) is 9.55. The Balaban J connectivity index is 1.54. The van der Waals surface area contributed by atoms with Gasteiger partial charge in [-0.15, -0.1) is 0 Å². The van der Waals surface area contributed by atoms with E-state index in [0.29, 0.717) is 16.4 Å². The molecular formula is C29H28ClN3O5S2. The highest BCUT2D eigenvalue weighted by molar-refractivity contribution is 7.93. The van der Waals surface area contributed by atoms with E-state index < -0.39 is 32.5 Å². The number of anilines is 3. The van der Waals surface area contributed by atoms with Gasteiger partial charge in [-0.05, 0) is 86.5 Å². The van der Waals surface area contributed by atoms with Crippen molar-refractivity contribution in [1.82, 2.24) is 0 Å². The van der Waals surface area contributed by atoms with Crippen LogP contribution in [0.2, 0.25) is 5.02 Å². The molecule has 4 aromatic carbocycles. The number of carbonyl (C=O) groups excluding carboxylic acids is 1. The molecular weight excluding hydrogens is 570 g/mol. The summed E-state index contributed by atoms with van der Waals surface area (Å²) in [5, 5.41) is 2.96. The standard InChI is InChI=1S/C29H28ClN3O5S2/c1-20-10-14-27(15-11-20)40(37,38)33(25-9-5-8-23(30)18-25)19-28(34)31-24-12-16-26(17-13-24)39(35,36)32-29-21(2)6-4-7-22(29)3/h4-18,32H,19H2,1-3H3,(H,31,34). The summed E-state index contributed by atoms with van der Waals surface area (Å²) in [4.78, 5) is 13.1. The Labute approximate surface area is 239 Å².